The van der Waals surface area contributed by atoms with Crippen molar-refractivity contribution in [2.24, 2.45) is 17.3 Å². The Morgan fingerprint density at radius 2 is 1.86 bits per heavy atom. The van der Waals surface area contributed by atoms with Gasteiger partial charge in [-0.15, -0.1) is 0 Å². The molecule has 0 aliphatic heterocycles. The summed E-state index contributed by atoms with van der Waals surface area (Å²) in [7, 11) is 2.11. The molecule has 0 amide bonds. The van der Waals surface area contributed by atoms with Gasteiger partial charge in [0.25, 0.3) is 0 Å². The van der Waals surface area contributed by atoms with Crippen LogP contribution in [0.25, 0.3) is 0 Å². The van der Waals surface area contributed by atoms with Gasteiger partial charge in [0, 0.05) is 6.04 Å². The predicted octanol–water partition coefficient (Wildman–Crippen LogP) is 3.45. The van der Waals surface area contributed by atoms with Crippen LogP contribution in [0.5, 0.6) is 0 Å². The largest absolute Gasteiger partial charge is 0.317 e. The van der Waals surface area contributed by atoms with E-state index in [0.29, 0.717) is 5.41 Å². The van der Waals surface area contributed by atoms with Gasteiger partial charge in [-0.1, -0.05) is 40.5 Å². The van der Waals surface area contributed by atoms with E-state index in [0.717, 1.165) is 17.9 Å². The second-order valence-corrected chi connectivity index (χ2v) is 6.17. The highest BCUT2D eigenvalue weighted by atomic mass is 14.9. The predicted molar refractivity (Wildman–Crippen MR) is 63.4 cm³/mol. The lowest BCUT2D eigenvalue weighted by molar-refractivity contribution is 0.220. The van der Waals surface area contributed by atoms with Gasteiger partial charge in [0.1, 0.15) is 0 Å². The van der Waals surface area contributed by atoms with E-state index in [9.17, 15) is 0 Å². The summed E-state index contributed by atoms with van der Waals surface area (Å²) in [5, 5.41) is 3.48. The topological polar surface area (TPSA) is 12.0 Å². The molecule has 0 aromatic rings. The average Bonchev–Trinajstić information content (AvgIpc) is 2.85. The van der Waals surface area contributed by atoms with Crippen molar-refractivity contribution in [3.05, 3.63) is 0 Å². The summed E-state index contributed by atoms with van der Waals surface area (Å²) in [5.74, 6) is 1.85. The first-order valence-electron chi connectivity index (χ1n) is 6.10. The van der Waals surface area contributed by atoms with E-state index in [1.54, 1.807) is 0 Å². The summed E-state index contributed by atoms with van der Waals surface area (Å²) in [6.07, 6.45) is 5.68. The minimum Gasteiger partial charge on any atom is -0.317 e. The first kappa shape index (κ1) is 12.0. The molecule has 2 atom stereocenters. The summed E-state index contributed by atoms with van der Waals surface area (Å²) in [6, 6.07) is 0.747. The van der Waals surface area contributed by atoms with Crippen LogP contribution in [0.2, 0.25) is 0 Å². The summed E-state index contributed by atoms with van der Waals surface area (Å²) in [5.41, 5.74) is 0.457. The minimum absolute atomic E-state index is 0.457. The third kappa shape index (κ3) is 4.00. The fourth-order valence-corrected chi connectivity index (χ4v) is 1.87. The highest BCUT2D eigenvalue weighted by Crippen LogP contribution is 2.36. The maximum Gasteiger partial charge on any atom is 0.00694 e. The van der Waals surface area contributed by atoms with Crippen molar-refractivity contribution in [1.82, 2.24) is 5.32 Å². The standard InChI is InChI=1S/C13H27N/c1-10(13(2,3)4)8-12(14-5)9-11-6-7-11/h10-12,14H,6-9H2,1-5H3. The van der Waals surface area contributed by atoms with Crippen LogP contribution in [0.3, 0.4) is 0 Å². The van der Waals surface area contributed by atoms with Crippen LogP contribution in [-0.2, 0) is 0 Å². The van der Waals surface area contributed by atoms with Crippen molar-refractivity contribution in [1.29, 1.82) is 0 Å². The van der Waals surface area contributed by atoms with Gasteiger partial charge in [-0.2, -0.15) is 0 Å². The van der Waals surface area contributed by atoms with Crippen LogP contribution in [-0.4, -0.2) is 13.1 Å². The Morgan fingerprint density at radius 3 is 2.21 bits per heavy atom. The van der Waals surface area contributed by atoms with Crippen molar-refractivity contribution < 1.29 is 0 Å². The third-order valence-corrected chi connectivity index (χ3v) is 3.84. The summed E-state index contributed by atoms with van der Waals surface area (Å²) < 4.78 is 0. The smallest absolute Gasteiger partial charge is 0.00694 e. The molecular weight excluding hydrogens is 170 g/mol. The quantitative estimate of drug-likeness (QED) is 0.712. The molecular formula is C13H27N. The van der Waals surface area contributed by atoms with Crippen molar-refractivity contribution in [2.75, 3.05) is 7.05 Å². The van der Waals surface area contributed by atoms with Crippen LogP contribution < -0.4 is 5.32 Å². The van der Waals surface area contributed by atoms with E-state index in [2.05, 4.69) is 40.1 Å². The molecule has 1 nitrogen and oxygen atoms in total. The van der Waals surface area contributed by atoms with Crippen molar-refractivity contribution in [2.45, 2.75) is 59.4 Å². The molecule has 14 heavy (non-hydrogen) atoms. The molecule has 0 heterocycles. The molecule has 1 fully saturated rings. The van der Waals surface area contributed by atoms with Gasteiger partial charge in [-0.05, 0) is 37.1 Å². The lowest BCUT2D eigenvalue weighted by Gasteiger charge is -2.30. The minimum atomic E-state index is 0.457. The number of hydrogen-bond acceptors (Lipinski definition) is 1. The molecule has 2 unspecified atom stereocenters. The number of nitrogens with one attached hydrogen (secondary N) is 1. The van der Waals surface area contributed by atoms with Gasteiger partial charge < -0.3 is 5.32 Å². The van der Waals surface area contributed by atoms with Gasteiger partial charge in [0.2, 0.25) is 0 Å². The monoisotopic (exact) mass is 197 g/mol. The maximum absolute atomic E-state index is 3.48. The zero-order chi connectivity index (χ0) is 10.8. The van der Waals surface area contributed by atoms with Gasteiger partial charge in [-0.3, -0.25) is 0 Å². The third-order valence-electron chi connectivity index (χ3n) is 3.84. The molecule has 0 bridgehead atoms. The molecule has 1 aliphatic carbocycles. The SMILES string of the molecule is CNC(CC1CC1)CC(C)C(C)(C)C. The molecule has 1 aliphatic rings. The first-order chi connectivity index (χ1) is 6.43. The summed E-state index contributed by atoms with van der Waals surface area (Å²) in [4.78, 5) is 0. The van der Waals surface area contributed by atoms with E-state index >= 15 is 0 Å². The van der Waals surface area contributed by atoms with Crippen molar-refractivity contribution in [3.63, 3.8) is 0 Å². The zero-order valence-electron chi connectivity index (χ0n) is 10.6. The molecule has 84 valence electrons. The van der Waals surface area contributed by atoms with Crippen molar-refractivity contribution in [3.8, 4) is 0 Å². The molecule has 1 N–H and O–H groups in total. The molecule has 1 rings (SSSR count). The zero-order valence-corrected chi connectivity index (χ0v) is 10.6. The molecule has 0 saturated heterocycles. The fourth-order valence-electron chi connectivity index (χ4n) is 1.87. The second kappa shape index (κ2) is 4.65. The Bertz CT molecular complexity index is 165. The lowest BCUT2D eigenvalue weighted by Crippen LogP contribution is -2.31. The molecule has 0 aromatic heterocycles. The fraction of sp³-hybridized carbons (Fsp3) is 1.00. The molecule has 0 aromatic carbocycles. The van der Waals surface area contributed by atoms with E-state index in [1.807, 2.05) is 0 Å². The summed E-state index contributed by atoms with van der Waals surface area (Å²) in [6.45, 7) is 9.43. The number of rotatable bonds is 5. The van der Waals surface area contributed by atoms with Crippen LogP contribution in [0.15, 0.2) is 0 Å². The lowest BCUT2D eigenvalue weighted by atomic mass is 9.78. The van der Waals surface area contributed by atoms with Crippen LogP contribution in [0.1, 0.15) is 53.4 Å². The van der Waals surface area contributed by atoms with Crippen LogP contribution in [0.4, 0.5) is 0 Å². The van der Waals surface area contributed by atoms with E-state index in [-0.39, 0.29) is 0 Å². The Morgan fingerprint density at radius 1 is 1.29 bits per heavy atom. The van der Waals surface area contributed by atoms with Gasteiger partial charge >= 0.3 is 0 Å². The van der Waals surface area contributed by atoms with E-state index in [1.165, 1.54) is 25.7 Å². The van der Waals surface area contributed by atoms with Crippen LogP contribution in [0, 0.1) is 17.3 Å². The average molecular weight is 197 g/mol. The highest BCUT2D eigenvalue weighted by Gasteiger charge is 2.28. The van der Waals surface area contributed by atoms with Crippen LogP contribution >= 0.6 is 0 Å². The highest BCUT2D eigenvalue weighted by molar-refractivity contribution is 4.82. The molecule has 0 spiro atoms. The number of hydrogen-bond donors (Lipinski definition) is 1. The Labute approximate surface area is 89.7 Å². The molecule has 0 radical (unpaired) electrons. The van der Waals surface area contributed by atoms with E-state index < -0.39 is 0 Å². The second-order valence-electron chi connectivity index (χ2n) is 6.17. The Kier molecular flexibility index (Phi) is 4.00. The molecule has 1 saturated carbocycles. The Balaban J connectivity index is 2.30. The van der Waals surface area contributed by atoms with Crippen molar-refractivity contribution >= 4 is 0 Å². The first-order valence-corrected chi connectivity index (χ1v) is 6.10. The molecule has 1 heteroatoms. The maximum atomic E-state index is 3.48. The van der Waals surface area contributed by atoms with Gasteiger partial charge in [0.15, 0.2) is 0 Å². The normalized spacial score (nSPS) is 22.1. The van der Waals surface area contributed by atoms with Gasteiger partial charge in [-0.25, -0.2) is 0 Å². The van der Waals surface area contributed by atoms with Gasteiger partial charge in [0.05, 0.1) is 0 Å². The Hall–Kier alpha value is -0.0400. The summed E-state index contributed by atoms with van der Waals surface area (Å²) >= 11 is 0. The van der Waals surface area contributed by atoms with E-state index in [4.69, 9.17) is 0 Å².